The lowest BCUT2D eigenvalue weighted by Crippen LogP contribution is -2.28. The predicted octanol–water partition coefficient (Wildman–Crippen LogP) is 5.28. The molecule has 6 heteroatoms. The van der Waals surface area contributed by atoms with Gasteiger partial charge in [-0.3, -0.25) is 9.69 Å². The summed E-state index contributed by atoms with van der Waals surface area (Å²) in [4.78, 5) is 31.7. The Morgan fingerprint density at radius 1 is 0.933 bits per heavy atom. The quantitative estimate of drug-likeness (QED) is 0.430. The van der Waals surface area contributed by atoms with Crippen LogP contribution in [-0.2, 0) is 9.53 Å². The molecule has 4 rings (SSSR count). The second-order valence-electron chi connectivity index (χ2n) is 6.43. The minimum Gasteiger partial charge on any atom is -0.465 e. The molecule has 0 atom stereocenters. The number of thioether (sulfide) groups is 1. The Kier molecular flexibility index (Phi) is 5.77. The third-order valence-electron chi connectivity index (χ3n) is 4.43. The van der Waals surface area contributed by atoms with E-state index < -0.39 is 5.97 Å². The summed E-state index contributed by atoms with van der Waals surface area (Å²) in [5, 5.41) is 0.592. The van der Waals surface area contributed by atoms with Gasteiger partial charge in [-0.15, -0.1) is 0 Å². The molecule has 0 spiro atoms. The standard InChI is InChI=1S/C24H18N2O3S/c1-29-23(28)18-14-12-17(13-15-18)16-21-22(27)26(20-10-6-3-7-11-20)24(30-21)25-19-8-4-2-5-9-19/h2-16H,1H3. The van der Waals surface area contributed by atoms with Gasteiger partial charge in [0.15, 0.2) is 5.17 Å². The summed E-state index contributed by atoms with van der Waals surface area (Å²) in [7, 11) is 1.35. The number of rotatable bonds is 4. The number of hydrogen-bond donors (Lipinski definition) is 0. The van der Waals surface area contributed by atoms with Crippen molar-refractivity contribution in [2.75, 3.05) is 12.0 Å². The van der Waals surface area contributed by atoms with Gasteiger partial charge in [-0.1, -0.05) is 48.5 Å². The number of methoxy groups -OCH3 is 1. The zero-order valence-corrected chi connectivity index (χ0v) is 17.0. The molecule has 0 unspecified atom stereocenters. The van der Waals surface area contributed by atoms with Crippen LogP contribution < -0.4 is 4.90 Å². The van der Waals surface area contributed by atoms with Gasteiger partial charge in [0, 0.05) is 0 Å². The van der Waals surface area contributed by atoms with E-state index in [1.54, 1.807) is 35.2 Å². The number of esters is 1. The van der Waals surface area contributed by atoms with Crippen LogP contribution in [-0.4, -0.2) is 24.2 Å². The van der Waals surface area contributed by atoms with Gasteiger partial charge in [-0.2, -0.15) is 0 Å². The summed E-state index contributed by atoms with van der Waals surface area (Å²) in [6.07, 6.45) is 1.80. The molecule has 1 aliphatic heterocycles. The van der Waals surface area contributed by atoms with Crippen LogP contribution in [0.1, 0.15) is 15.9 Å². The van der Waals surface area contributed by atoms with Crippen molar-refractivity contribution >= 4 is 46.3 Å². The van der Waals surface area contributed by atoms with Gasteiger partial charge in [0.1, 0.15) is 0 Å². The number of carbonyl (C=O) groups excluding carboxylic acids is 2. The van der Waals surface area contributed by atoms with Crippen LogP contribution in [0.3, 0.4) is 0 Å². The lowest BCUT2D eigenvalue weighted by molar-refractivity contribution is -0.113. The van der Waals surface area contributed by atoms with E-state index in [9.17, 15) is 9.59 Å². The number of nitrogens with zero attached hydrogens (tertiary/aromatic N) is 2. The highest BCUT2D eigenvalue weighted by Gasteiger charge is 2.34. The molecule has 1 heterocycles. The van der Waals surface area contributed by atoms with Gasteiger partial charge in [-0.05, 0) is 59.8 Å². The van der Waals surface area contributed by atoms with E-state index in [-0.39, 0.29) is 5.91 Å². The normalized spacial score (nSPS) is 16.3. The number of aliphatic imine (C=N–C) groups is 1. The average molecular weight is 414 g/mol. The monoisotopic (exact) mass is 414 g/mol. The Morgan fingerprint density at radius 2 is 1.57 bits per heavy atom. The molecule has 0 aliphatic carbocycles. The number of carbonyl (C=O) groups is 2. The average Bonchev–Trinajstić information content (AvgIpc) is 3.09. The van der Waals surface area contributed by atoms with Crippen molar-refractivity contribution in [2.45, 2.75) is 0 Å². The zero-order valence-electron chi connectivity index (χ0n) is 16.2. The number of benzene rings is 3. The van der Waals surface area contributed by atoms with Crippen LogP contribution in [0.25, 0.3) is 6.08 Å². The lowest BCUT2D eigenvalue weighted by atomic mass is 10.1. The van der Waals surface area contributed by atoms with E-state index in [0.29, 0.717) is 15.6 Å². The number of amides is 1. The van der Waals surface area contributed by atoms with Gasteiger partial charge in [0.25, 0.3) is 5.91 Å². The molecule has 0 radical (unpaired) electrons. The van der Waals surface area contributed by atoms with Gasteiger partial charge < -0.3 is 4.74 Å². The highest BCUT2D eigenvalue weighted by Crippen LogP contribution is 2.37. The number of para-hydroxylation sites is 2. The summed E-state index contributed by atoms with van der Waals surface area (Å²) >= 11 is 1.32. The van der Waals surface area contributed by atoms with Crippen molar-refractivity contribution in [2.24, 2.45) is 4.99 Å². The first-order chi connectivity index (χ1) is 14.7. The molecule has 3 aromatic rings. The number of anilines is 1. The minimum absolute atomic E-state index is 0.141. The molecule has 5 nitrogen and oxygen atoms in total. The fourth-order valence-corrected chi connectivity index (χ4v) is 3.95. The molecule has 0 bridgehead atoms. The van der Waals surface area contributed by atoms with E-state index in [1.807, 2.05) is 60.7 Å². The van der Waals surface area contributed by atoms with Crippen molar-refractivity contribution < 1.29 is 14.3 Å². The highest BCUT2D eigenvalue weighted by molar-refractivity contribution is 8.19. The molecule has 3 aromatic carbocycles. The maximum Gasteiger partial charge on any atom is 0.337 e. The van der Waals surface area contributed by atoms with Crippen molar-refractivity contribution in [3.8, 4) is 0 Å². The third kappa shape index (κ3) is 4.18. The molecule has 30 heavy (non-hydrogen) atoms. The second-order valence-corrected chi connectivity index (χ2v) is 7.44. The maximum absolute atomic E-state index is 13.2. The van der Waals surface area contributed by atoms with E-state index in [1.165, 1.54) is 18.9 Å². The second kappa shape index (κ2) is 8.80. The molecule has 0 N–H and O–H groups in total. The number of ether oxygens (including phenoxy) is 1. The topological polar surface area (TPSA) is 59.0 Å². The summed E-state index contributed by atoms with van der Waals surface area (Å²) in [5.41, 5.74) is 2.81. The largest absolute Gasteiger partial charge is 0.465 e. The van der Waals surface area contributed by atoms with Crippen molar-refractivity contribution in [3.63, 3.8) is 0 Å². The molecule has 1 saturated heterocycles. The van der Waals surface area contributed by atoms with Gasteiger partial charge in [-0.25, -0.2) is 9.79 Å². The molecule has 1 aliphatic rings. The molecular formula is C24H18N2O3S. The Labute approximate surface area is 178 Å². The first-order valence-corrected chi connectivity index (χ1v) is 10.1. The molecule has 148 valence electrons. The summed E-state index contributed by atoms with van der Waals surface area (Å²) in [6, 6.07) is 25.9. The summed E-state index contributed by atoms with van der Waals surface area (Å²) in [6.45, 7) is 0. The maximum atomic E-state index is 13.2. The molecular weight excluding hydrogens is 396 g/mol. The van der Waals surface area contributed by atoms with Crippen molar-refractivity contribution in [1.82, 2.24) is 0 Å². The number of amidine groups is 1. The van der Waals surface area contributed by atoms with Crippen LogP contribution in [0, 0.1) is 0 Å². The summed E-state index contributed by atoms with van der Waals surface area (Å²) < 4.78 is 4.73. The van der Waals surface area contributed by atoms with Crippen LogP contribution in [0.15, 0.2) is 94.8 Å². The fourth-order valence-electron chi connectivity index (χ4n) is 2.95. The van der Waals surface area contributed by atoms with Crippen LogP contribution >= 0.6 is 11.8 Å². The van der Waals surface area contributed by atoms with Gasteiger partial charge in [0.2, 0.25) is 0 Å². The van der Waals surface area contributed by atoms with Crippen molar-refractivity contribution in [3.05, 3.63) is 101 Å². The fraction of sp³-hybridized carbons (Fsp3) is 0.0417. The van der Waals surface area contributed by atoms with Gasteiger partial charge >= 0.3 is 5.97 Å². The molecule has 1 fully saturated rings. The van der Waals surface area contributed by atoms with Gasteiger partial charge in [0.05, 0.1) is 29.0 Å². The van der Waals surface area contributed by atoms with E-state index in [2.05, 4.69) is 4.99 Å². The summed E-state index contributed by atoms with van der Waals surface area (Å²) in [5.74, 6) is -0.536. The van der Waals surface area contributed by atoms with E-state index in [4.69, 9.17) is 4.74 Å². The Bertz CT molecular complexity index is 1120. The molecule has 0 saturated carbocycles. The number of hydrogen-bond acceptors (Lipinski definition) is 5. The van der Waals surface area contributed by atoms with E-state index >= 15 is 0 Å². The highest BCUT2D eigenvalue weighted by atomic mass is 32.2. The van der Waals surface area contributed by atoms with Crippen molar-refractivity contribution in [1.29, 1.82) is 0 Å². The smallest absolute Gasteiger partial charge is 0.337 e. The SMILES string of the molecule is COC(=O)c1ccc(C=C2SC(=Nc3ccccc3)N(c3ccccc3)C2=O)cc1. The predicted molar refractivity (Wildman–Crippen MR) is 121 cm³/mol. The van der Waals surface area contributed by atoms with Crippen LogP contribution in [0.5, 0.6) is 0 Å². The van der Waals surface area contributed by atoms with E-state index in [0.717, 1.165) is 16.9 Å². The van der Waals surface area contributed by atoms with Crippen LogP contribution in [0.2, 0.25) is 0 Å². The molecule has 0 aromatic heterocycles. The molecule has 1 amide bonds. The Morgan fingerprint density at radius 3 is 2.20 bits per heavy atom. The Balaban J connectivity index is 1.70. The lowest BCUT2D eigenvalue weighted by Gasteiger charge is -2.15. The first-order valence-electron chi connectivity index (χ1n) is 9.27. The minimum atomic E-state index is -0.395. The zero-order chi connectivity index (χ0) is 20.9. The Hall–Kier alpha value is -3.64. The third-order valence-corrected chi connectivity index (χ3v) is 5.40. The first kappa shape index (κ1) is 19.7. The van der Waals surface area contributed by atoms with Crippen LogP contribution in [0.4, 0.5) is 11.4 Å².